The molecule has 0 heterocycles. The fourth-order valence-electron chi connectivity index (χ4n) is 3.10. The molecule has 1 aromatic carbocycles. The molecular weight excluding hydrogens is 292 g/mol. The van der Waals surface area contributed by atoms with Gasteiger partial charge >= 0.3 is 0 Å². The second-order valence-electron chi connectivity index (χ2n) is 6.59. The van der Waals surface area contributed by atoms with Crippen molar-refractivity contribution >= 4 is 6.08 Å². The summed E-state index contributed by atoms with van der Waals surface area (Å²) in [6.07, 6.45) is 16.1. The first kappa shape index (κ1) is 18.4. The van der Waals surface area contributed by atoms with Gasteiger partial charge in [0.05, 0.1) is 6.61 Å². The largest absolute Gasteiger partial charge is 0.494 e. The van der Waals surface area contributed by atoms with Gasteiger partial charge in [-0.15, -0.1) is 0 Å². The lowest BCUT2D eigenvalue weighted by Gasteiger charge is -2.25. The first-order valence-electron chi connectivity index (χ1n) is 9.39. The van der Waals surface area contributed by atoms with E-state index in [1.165, 1.54) is 32.1 Å². The van der Waals surface area contributed by atoms with Crippen LogP contribution in [0.1, 0.15) is 57.9 Å². The van der Waals surface area contributed by atoms with Crippen molar-refractivity contribution in [2.45, 2.75) is 52.4 Å². The van der Waals surface area contributed by atoms with E-state index in [0.717, 1.165) is 36.2 Å². The zero-order chi connectivity index (χ0) is 17.0. The summed E-state index contributed by atoms with van der Waals surface area (Å²) in [6, 6.07) is 8.14. The maximum Gasteiger partial charge on any atom is 0.119 e. The van der Waals surface area contributed by atoms with E-state index in [1.54, 1.807) is 0 Å². The van der Waals surface area contributed by atoms with E-state index in [-0.39, 0.29) is 0 Å². The van der Waals surface area contributed by atoms with E-state index >= 15 is 0 Å². The minimum absolute atomic E-state index is 0.738. The normalized spacial score (nSPS) is 20.9. The summed E-state index contributed by atoms with van der Waals surface area (Å²) in [7, 11) is 0. The second kappa shape index (κ2) is 10.8. The Morgan fingerprint density at radius 2 is 1.71 bits per heavy atom. The monoisotopic (exact) mass is 322 g/mol. The van der Waals surface area contributed by atoms with Gasteiger partial charge in [0.1, 0.15) is 5.75 Å². The SMILES string of the molecule is CCCOc1ccc(C=CC#CC=C[C@H]2CC[C@H](CC)CC2)cc1. The standard InChI is InChI=1S/C23H30O/c1-3-19-24-23-17-15-22(16-18-23)10-8-6-5-7-9-21-13-11-20(4-2)12-14-21/h7-10,15-18,20-21H,3-4,11-14,19H2,1-2H3/t20-,21-. The number of ether oxygens (including phenoxy) is 1. The van der Waals surface area contributed by atoms with Crippen LogP contribution in [-0.2, 0) is 0 Å². The summed E-state index contributed by atoms with van der Waals surface area (Å²) in [6.45, 7) is 5.19. The van der Waals surface area contributed by atoms with Crippen molar-refractivity contribution in [3.05, 3.63) is 48.1 Å². The lowest BCUT2D eigenvalue weighted by molar-refractivity contribution is 0.304. The highest BCUT2D eigenvalue weighted by atomic mass is 16.5. The van der Waals surface area contributed by atoms with Crippen molar-refractivity contribution in [3.63, 3.8) is 0 Å². The molecule has 0 atom stereocenters. The van der Waals surface area contributed by atoms with E-state index in [2.05, 4.69) is 43.9 Å². The summed E-state index contributed by atoms with van der Waals surface area (Å²) in [4.78, 5) is 0. The van der Waals surface area contributed by atoms with Crippen LogP contribution in [0.15, 0.2) is 42.5 Å². The van der Waals surface area contributed by atoms with Crippen LogP contribution < -0.4 is 4.74 Å². The van der Waals surface area contributed by atoms with Gasteiger partial charge in [-0.25, -0.2) is 0 Å². The first-order valence-corrected chi connectivity index (χ1v) is 9.39. The van der Waals surface area contributed by atoms with E-state index in [0.29, 0.717) is 0 Å². The summed E-state index contributed by atoms with van der Waals surface area (Å²) < 4.78 is 5.58. The molecule has 0 bridgehead atoms. The van der Waals surface area contributed by atoms with E-state index in [1.807, 2.05) is 30.4 Å². The molecule has 1 aromatic rings. The third kappa shape index (κ3) is 6.67. The molecule has 1 aliphatic rings. The van der Waals surface area contributed by atoms with Gasteiger partial charge in [0.25, 0.3) is 0 Å². The molecule has 0 radical (unpaired) electrons. The molecule has 1 saturated carbocycles. The Morgan fingerprint density at radius 1 is 1.00 bits per heavy atom. The Hall–Kier alpha value is -1.94. The van der Waals surface area contributed by atoms with Crippen LogP contribution >= 0.6 is 0 Å². The Morgan fingerprint density at radius 3 is 2.38 bits per heavy atom. The van der Waals surface area contributed by atoms with Gasteiger partial charge < -0.3 is 4.74 Å². The van der Waals surface area contributed by atoms with Crippen molar-refractivity contribution in [2.75, 3.05) is 6.61 Å². The lowest BCUT2D eigenvalue weighted by atomic mass is 9.81. The molecule has 1 fully saturated rings. The predicted molar refractivity (Wildman–Crippen MR) is 104 cm³/mol. The molecule has 128 valence electrons. The number of hydrogen-bond acceptors (Lipinski definition) is 1. The molecule has 1 heteroatoms. The summed E-state index contributed by atoms with van der Waals surface area (Å²) in [5.41, 5.74) is 1.15. The number of allylic oxidation sites excluding steroid dienone is 3. The zero-order valence-electron chi connectivity index (χ0n) is 15.1. The quantitative estimate of drug-likeness (QED) is 0.561. The minimum atomic E-state index is 0.738. The zero-order valence-corrected chi connectivity index (χ0v) is 15.1. The van der Waals surface area contributed by atoms with Crippen LogP contribution in [0.4, 0.5) is 0 Å². The number of hydrogen-bond donors (Lipinski definition) is 0. The molecule has 0 N–H and O–H groups in total. The Balaban J connectivity index is 1.74. The predicted octanol–water partition coefficient (Wildman–Crippen LogP) is 6.26. The third-order valence-corrected chi connectivity index (χ3v) is 4.72. The van der Waals surface area contributed by atoms with Crippen LogP contribution in [0.5, 0.6) is 5.75 Å². The van der Waals surface area contributed by atoms with E-state index in [9.17, 15) is 0 Å². The van der Waals surface area contributed by atoms with Crippen molar-refractivity contribution in [2.24, 2.45) is 11.8 Å². The highest BCUT2D eigenvalue weighted by Gasteiger charge is 2.17. The highest BCUT2D eigenvalue weighted by Crippen LogP contribution is 2.31. The first-order chi connectivity index (χ1) is 11.8. The molecule has 0 spiro atoms. The number of rotatable bonds is 6. The summed E-state index contributed by atoms with van der Waals surface area (Å²) in [5.74, 6) is 8.85. The van der Waals surface area contributed by atoms with Crippen molar-refractivity contribution in [1.82, 2.24) is 0 Å². The maximum atomic E-state index is 5.58. The molecule has 1 aliphatic carbocycles. The second-order valence-corrected chi connectivity index (χ2v) is 6.59. The lowest BCUT2D eigenvalue weighted by Crippen LogP contribution is -2.11. The molecule has 0 aromatic heterocycles. The fourth-order valence-corrected chi connectivity index (χ4v) is 3.10. The molecule has 24 heavy (non-hydrogen) atoms. The Labute approximate surface area is 147 Å². The molecule has 2 rings (SSSR count). The van der Waals surface area contributed by atoms with Crippen LogP contribution in [0, 0.1) is 23.7 Å². The van der Waals surface area contributed by atoms with Crippen LogP contribution in [0.25, 0.3) is 6.08 Å². The third-order valence-electron chi connectivity index (χ3n) is 4.72. The average molecular weight is 322 g/mol. The van der Waals surface area contributed by atoms with Gasteiger partial charge in [-0.1, -0.05) is 50.3 Å². The Bertz CT molecular complexity index is 575. The molecular formula is C23H30O. The van der Waals surface area contributed by atoms with Gasteiger partial charge in [0.2, 0.25) is 0 Å². The molecule has 0 unspecified atom stereocenters. The van der Waals surface area contributed by atoms with E-state index < -0.39 is 0 Å². The molecule has 0 saturated heterocycles. The minimum Gasteiger partial charge on any atom is -0.494 e. The van der Waals surface area contributed by atoms with Gasteiger partial charge in [0, 0.05) is 0 Å². The number of benzene rings is 1. The van der Waals surface area contributed by atoms with Gasteiger partial charge in [-0.05, 0) is 79.9 Å². The van der Waals surface area contributed by atoms with E-state index in [4.69, 9.17) is 4.74 Å². The van der Waals surface area contributed by atoms with Gasteiger partial charge in [-0.2, -0.15) is 0 Å². The maximum absolute atomic E-state index is 5.58. The van der Waals surface area contributed by atoms with Crippen LogP contribution in [0.2, 0.25) is 0 Å². The van der Waals surface area contributed by atoms with Crippen molar-refractivity contribution < 1.29 is 4.74 Å². The highest BCUT2D eigenvalue weighted by molar-refractivity contribution is 5.54. The molecule has 0 amide bonds. The summed E-state index contributed by atoms with van der Waals surface area (Å²) >= 11 is 0. The smallest absolute Gasteiger partial charge is 0.119 e. The van der Waals surface area contributed by atoms with Gasteiger partial charge in [0.15, 0.2) is 0 Å². The van der Waals surface area contributed by atoms with Crippen LogP contribution in [-0.4, -0.2) is 6.61 Å². The van der Waals surface area contributed by atoms with Crippen LogP contribution in [0.3, 0.4) is 0 Å². The fraction of sp³-hybridized carbons (Fsp3) is 0.478. The van der Waals surface area contributed by atoms with Crippen molar-refractivity contribution in [3.8, 4) is 17.6 Å². The topological polar surface area (TPSA) is 9.23 Å². The van der Waals surface area contributed by atoms with Crippen molar-refractivity contribution in [1.29, 1.82) is 0 Å². The molecule has 1 nitrogen and oxygen atoms in total. The summed E-state index contributed by atoms with van der Waals surface area (Å²) in [5, 5.41) is 0. The van der Waals surface area contributed by atoms with Gasteiger partial charge in [-0.3, -0.25) is 0 Å². The Kier molecular flexibility index (Phi) is 8.25. The average Bonchev–Trinajstić information content (AvgIpc) is 2.64. The molecule has 0 aliphatic heterocycles.